The molecule has 0 radical (unpaired) electrons. The summed E-state index contributed by atoms with van der Waals surface area (Å²) in [4.78, 5) is 37.0. The van der Waals surface area contributed by atoms with Crippen molar-refractivity contribution in [3.63, 3.8) is 0 Å². The van der Waals surface area contributed by atoms with Gasteiger partial charge >= 0.3 is 6.18 Å². The standard InChI is InChI=1S/C24H22F3N5O3/c1-14-11-15(2)32(29-14)17-8-7-16(20(12-17)24(25,26)27)13-28-21(33)9-10-31-23(35)19-6-4-3-5-18(19)22(34)30-31/h3-8,11-12H,9-10,13H2,1-2H3,(H,28,33)(H,30,34). The normalized spacial score (nSPS) is 11.7. The summed E-state index contributed by atoms with van der Waals surface area (Å²) in [6, 6.07) is 11.9. The highest BCUT2D eigenvalue weighted by Crippen LogP contribution is 2.33. The minimum atomic E-state index is -4.63. The van der Waals surface area contributed by atoms with Crippen LogP contribution in [0.4, 0.5) is 13.2 Å². The average molecular weight is 485 g/mol. The second-order valence-electron chi connectivity index (χ2n) is 8.15. The number of fused-ring (bicyclic) bond motifs is 1. The summed E-state index contributed by atoms with van der Waals surface area (Å²) >= 11 is 0. The Balaban J connectivity index is 1.48. The lowest BCUT2D eigenvalue weighted by Crippen LogP contribution is -2.32. The lowest BCUT2D eigenvalue weighted by atomic mass is 10.1. The van der Waals surface area contributed by atoms with Gasteiger partial charge in [-0.3, -0.25) is 19.5 Å². The molecule has 2 aromatic heterocycles. The van der Waals surface area contributed by atoms with Crippen LogP contribution in [-0.2, 0) is 24.1 Å². The molecule has 11 heteroatoms. The molecule has 0 unspecified atom stereocenters. The van der Waals surface area contributed by atoms with Crippen LogP contribution in [0.2, 0.25) is 0 Å². The van der Waals surface area contributed by atoms with Crippen molar-refractivity contribution < 1.29 is 18.0 Å². The van der Waals surface area contributed by atoms with E-state index in [1.807, 2.05) is 0 Å². The Labute approximate surface area is 197 Å². The van der Waals surface area contributed by atoms with E-state index in [9.17, 15) is 27.6 Å². The molecule has 2 heterocycles. The minimum absolute atomic E-state index is 0.104. The molecule has 0 saturated carbocycles. The number of aryl methyl sites for hydroxylation is 3. The Hall–Kier alpha value is -4.15. The van der Waals surface area contributed by atoms with Gasteiger partial charge in [0, 0.05) is 18.7 Å². The number of nitrogens with zero attached hydrogens (tertiary/aromatic N) is 3. The Morgan fingerprint density at radius 2 is 1.77 bits per heavy atom. The lowest BCUT2D eigenvalue weighted by molar-refractivity contribution is -0.138. The molecular weight excluding hydrogens is 463 g/mol. The summed E-state index contributed by atoms with van der Waals surface area (Å²) in [5, 5.41) is 9.55. The molecule has 0 bridgehead atoms. The number of aromatic nitrogens is 4. The van der Waals surface area contributed by atoms with Crippen LogP contribution in [0.5, 0.6) is 0 Å². The van der Waals surface area contributed by atoms with Crippen LogP contribution in [0.1, 0.15) is 28.9 Å². The molecule has 4 aromatic rings. The molecule has 0 fully saturated rings. The number of nitrogens with one attached hydrogen (secondary N) is 2. The predicted octanol–water partition coefficient (Wildman–Crippen LogP) is 3.22. The van der Waals surface area contributed by atoms with Gasteiger partial charge in [0.2, 0.25) is 5.91 Å². The van der Waals surface area contributed by atoms with E-state index in [4.69, 9.17) is 0 Å². The first-order valence-electron chi connectivity index (χ1n) is 10.8. The first kappa shape index (κ1) is 24.0. The lowest BCUT2D eigenvalue weighted by Gasteiger charge is -2.16. The fraction of sp³-hybridized carbons (Fsp3) is 0.250. The molecule has 4 rings (SSSR count). The van der Waals surface area contributed by atoms with E-state index >= 15 is 0 Å². The number of rotatable bonds is 6. The van der Waals surface area contributed by atoms with Crippen molar-refractivity contribution >= 4 is 16.7 Å². The Kier molecular flexibility index (Phi) is 6.33. The van der Waals surface area contributed by atoms with E-state index < -0.39 is 28.8 Å². The number of carbonyl (C=O) groups is 1. The fourth-order valence-corrected chi connectivity index (χ4v) is 3.90. The van der Waals surface area contributed by atoms with Gasteiger partial charge in [0.05, 0.1) is 34.3 Å². The Morgan fingerprint density at radius 1 is 1.06 bits per heavy atom. The Bertz CT molecular complexity index is 1530. The summed E-state index contributed by atoms with van der Waals surface area (Å²) in [6.07, 6.45) is -4.84. The Morgan fingerprint density at radius 3 is 2.43 bits per heavy atom. The molecule has 35 heavy (non-hydrogen) atoms. The highest BCUT2D eigenvalue weighted by molar-refractivity contribution is 5.80. The number of amides is 1. The number of aromatic amines is 1. The van der Waals surface area contributed by atoms with Crippen LogP contribution < -0.4 is 16.4 Å². The third-order valence-corrected chi connectivity index (χ3v) is 5.58. The van der Waals surface area contributed by atoms with Crippen molar-refractivity contribution in [3.05, 3.63) is 91.8 Å². The van der Waals surface area contributed by atoms with Crippen LogP contribution in [0.25, 0.3) is 16.5 Å². The molecule has 0 aliphatic heterocycles. The quantitative estimate of drug-likeness (QED) is 0.438. The number of carbonyl (C=O) groups excluding carboxylic acids is 1. The molecular formula is C24H22F3N5O3. The molecule has 1 amide bonds. The van der Waals surface area contributed by atoms with Crippen molar-refractivity contribution in [1.82, 2.24) is 24.9 Å². The van der Waals surface area contributed by atoms with Gasteiger partial charge in [0.1, 0.15) is 0 Å². The van der Waals surface area contributed by atoms with Crippen molar-refractivity contribution in [1.29, 1.82) is 0 Å². The van der Waals surface area contributed by atoms with Crippen molar-refractivity contribution in [2.45, 2.75) is 39.5 Å². The summed E-state index contributed by atoms with van der Waals surface area (Å²) in [5.74, 6) is -0.568. The van der Waals surface area contributed by atoms with Gasteiger partial charge < -0.3 is 5.32 Å². The van der Waals surface area contributed by atoms with Crippen molar-refractivity contribution in [3.8, 4) is 5.69 Å². The maximum absolute atomic E-state index is 13.7. The smallest absolute Gasteiger partial charge is 0.352 e. The van der Waals surface area contributed by atoms with Crippen molar-refractivity contribution in [2.24, 2.45) is 0 Å². The van der Waals surface area contributed by atoms with Gasteiger partial charge in [-0.1, -0.05) is 18.2 Å². The molecule has 182 valence electrons. The minimum Gasteiger partial charge on any atom is -0.352 e. The molecule has 0 atom stereocenters. The summed E-state index contributed by atoms with van der Waals surface area (Å²) in [5.41, 5.74) is -0.286. The molecule has 0 spiro atoms. The van der Waals surface area contributed by atoms with E-state index in [-0.39, 0.29) is 41.5 Å². The zero-order valence-corrected chi connectivity index (χ0v) is 18.9. The van der Waals surface area contributed by atoms with Gasteiger partial charge in [-0.2, -0.15) is 18.3 Å². The second-order valence-corrected chi connectivity index (χ2v) is 8.15. The summed E-state index contributed by atoms with van der Waals surface area (Å²) < 4.78 is 43.7. The van der Waals surface area contributed by atoms with Gasteiger partial charge in [0.25, 0.3) is 11.1 Å². The second kappa shape index (κ2) is 9.24. The molecule has 0 saturated heterocycles. The predicted molar refractivity (Wildman–Crippen MR) is 123 cm³/mol. The van der Waals surface area contributed by atoms with Crippen molar-refractivity contribution in [2.75, 3.05) is 0 Å². The van der Waals surface area contributed by atoms with Gasteiger partial charge in [-0.05, 0) is 49.7 Å². The third kappa shape index (κ3) is 5.03. The van der Waals surface area contributed by atoms with E-state index in [0.29, 0.717) is 11.4 Å². The van der Waals surface area contributed by atoms with Crippen LogP contribution in [-0.4, -0.2) is 25.5 Å². The fourth-order valence-electron chi connectivity index (χ4n) is 3.90. The number of hydrogen-bond donors (Lipinski definition) is 2. The highest BCUT2D eigenvalue weighted by atomic mass is 19.4. The zero-order valence-electron chi connectivity index (χ0n) is 18.9. The first-order chi connectivity index (χ1) is 16.5. The van der Waals surface area contributed by atoms with Gasteiger partial charge in [-0.15, -0.1) is 0 Å². The summed E-state index contributed by atoms with van der Waals surface area (Å²) in [6.45, 7) is 3.01. The maximum atomic E-state index is 13.7. The van der Waals surface area contributed by atoms with Gasteiger partial charge in [-0.25, -0.2) is 9.36 Å². The number of alkyl halides is 3. The van der Waals surface area contributed by atoms with Crippen LogP contribution in [0.3, 0.4) is 0 Å². The number of hydrogen-bond acceptors (Lipinski definition) is 4. The van der Waals surface area contributed by atoms with E-state index in [2.05, 4.69) is 15.5 Å². The van der Waals surface area contributed by atoms with Crippen LogP contribution in [0.15, 0.2) is 58.1 Å². The molecule has 8 nitrogen and oxygen atoms in total. The largest absolute Gasteiger partial charge is 0.416 e. The number of H-pyrrole nitrogens is 1. The summed E-state index contributed by atoms with van der Waals surface area (Å²) in [7, 11) is 0. The molecule has 2 aromatic carbocycles. The van der Waals surface area contributed by atoms with Gasteiger partial charge in [0.15, 0.2) is 0 Å². The monoisotopic (exact) mass is 485 g/mol. The topological polar surface area (TPSA) is 102 Å². The molecule has 2 N–H and O–H groups in total. The highest BCUT2D eigenvalue weighted by Gasteiger charge is 2.34. The average Bonchev–Trinajstić information content (AvgIpc) is 3.16. The van der Waals surface area contributed by atoms with E-state index in [0.717, 1.165) is 10.7 Å². The van der Waals surface area contributed by atoms with E-state index in [1.165, 1.54) is 28.9 Å². The van der Waals surface area contributed by atoms with Crippen LogP contribution >= 0.6 is 0 Å². The molecule has 0 aliphatic rings. The first-order valence-corrected chi connectivity index (χ1v) is 10.8. The zero-order chi connectivity index (χ0) is 25.3. The third-order valence-electron chi connectivity index (χ3n) is 5.58. The maximum Gasteiger partial charge on any atom is 0.416 e. The van der Waals surface area contributed by atoms with E-state index in [1.54, 1.807) is 32.0 Å². The molecule has 0 aliphatic carbocycles. The number of benzene rings is 2. The number of halogens is 3. The van der Waals surface area contributed by atoms with Crippen LogP contribution in [0, 0.1) is 13.8 Å². The SMILES string of the molecule is Cc1cc(C)n(-c2ccc(CNC(=O)CCn3[nH]c(=O)c4ccccc4c3=O)c(C(F)(F)F)c2)n1.